The molecule has 0 unspecified atom stereocenters. The van der Waals surface area contributed by atoms with Crippen molar-refractivity contribution in [3.63, 3.8) is 0 Å². The lowest BCUT2D eigenvalue weighted by Crippen LogP contribution is -2.28. The number of hydrogen-bond acceptors (Lipinski definition) is 7. The summed E-state index contributed by atoms with van der Waals surface area (Å²) in [6.45, 7) is 2.04. The molecule has 2 fully saturated rings. The average molecular weight is 400 g/mol. The number of ether oxygens (including phenoxy) is 1. The van der Waals surface area contributed by atoms with Gasteiger partial charge >= 0.3 is 0 Å². The first-order chi connectivity index (χ1) is 13.7. The molecule has 146 valence electrons. The molecular weight excluding hydrogens is 379 g/mol. The minimum absolute atomic E-state index is 0.184. The number of methoxy groups -OCH3 is 1. The molecule has 9 heteroatoms. The molecule has 1 N–H and O–H groups in total. The Kier molecular flexibility index (Phi) is 4.64. The van der Waals surface area contributed by atoms with Crippen LogP contribution in [0.5, 0.6) is 5.75 Å². The predicted octanol–water partition coefficient (Wildman–Crippen LogP) is 3.32. The number of benzene rings is 1. The Bertz CT molecular complexity index is 1020. The van der Waals surface area contributed by atoms with Crippen LogP contribution in [0.15, 0.2) is 28.6 Å². The molecule has 1 saturated heterocycles. The predicted molar refractivity (Wildman–Crippen MR) is 103 cm³/mol. The summed E-state index contributed by atoms with van der Waals surface area (Å²) in [7, 11) is 1.45. The van der Waals surface area contributed by atoms with Gasteiger partial charge in [-0.05, 0) is 56.6 Å². The number of fused-ring (bicyclic) bond motifs is 1. The third-order valence-electron chi connectivity index (χ3n) is 5.37. The molecule has 5 rings (SSSR count). The van der Waals surface area contributed by atoms with Gasteiger partial charge in [0.15, 0.2) is 16.7 Å². The Morgan fingerprint density at radius 2 is 1.96 bits per heavy atom. The SMILES string of the molecule is COc1cc2c(Sc3nnc(C4CCNCC4)n3C3CC3)ncnc2cc1F. The van der Waals surface area contributed by atoms with Gasteiger partial charge in [-0.2, -0.15) is 0 Å². The van der Waals surface area contributed by atoms with E-state index in [0.29, 0.717) is 17.5 Å². The van der Waals surface area contributed by atoms with Crippen molar-refractivity contribution in [1.82, 2.24) is 30.0 Å². The van der Waals surface area contributed by atoms with Crippen molar-refractivity contribution in [2.75, 3.05) is 20.2 Å². The van der Waals surface area contributed by atoms with Gasteiger partial charge in [-0.1, -0.05) is 0 Å². The molecule has 3 heterocycles. The van der Waals surface area contributed by atoms with Crippen molar-refractivity contribution < 1.29 is 9.13 Å². The van der Waals surface area contributed by atoms with Gasteiger partial charge in [0.2, 0.25) is 0 Å². The van der Waals surface area contributed by atoms with Crippen LogP contribution in [0.2, 0.25) is 0 Å². The molecule has 0 bridgehead atoms. The van der Waals surface area contributed by atoms with Crippen molar-refractivity contribution in [2.45, 2.75) is 47.8 Å². The summed E-state index contributed by atoms with van der Waals surface area (Å²) in [5.41, 5.74) is 0.548. The van der Waals surface area contributed by atoms with E-state index in [4.69, 9.17) is 4.74 Å². The minimum atomic E-state index is -0.431. The van der Waals surface area contributed by atoms with Gasteiger partial charge in [0, 0.05) is 23.4 Å². The van der Waals surface area contributed by atoms with Crippen LogP contribution in [-0.2, 0) is 0 Å². The third-order valence-corrected chi connectivity index (χ3v) is 6.35. The smallest absolute Gasteiger partial charge is 0.197 e. The van der Waals surface area contributed by atoms with Crippen molar-refractivity contribution in [3.05, 3.63) is 30.1 Å². The highest BCUT2D eigenvalue weighted by Crippen LogP contribution is 2.43. The average Bonchev–Trinajstić information content (AvgIpc) is 3.48. The van der Waals surface area contributed by atoms with Crippen LogP contribution < -0.4 is 10.1 Å². The molecule has 0 amide bonds. The van der Waals surface area contributed by atoms with Gasteiger partial charge in [0.25, 0.3) is 0 Å². The highest BCUT2D eigenvalue weighted by molar-refractivity contribution is 7.99. The van der Waals surface area contributed by atoms with Crippen molar-refractivity contribution in [1.29, 1.82) is 0 Å². The van der Waals surface area contributed by atoms with E-state index in [2.05, 4.69) is 30.0 Å². The lowest BCUT2D eigenvalue weighted by Gasteiger charge is -2.22. The monoisotopic (exact) mass is 400 g/mol. The molecular formula is C19H21FN6OS. The number of halogens is 1. The second-order valence-electron chi connectivity index (χ2n) is 7.25. The summed E-state index contributed by atoms with van der Waals surface area (Å²) in [6.07, 6.45) is 5.95. The first kappa shape index (κ1) is 17.8. The number of hydrogen-bond donors (Lipinski definition) is 1. The van der Waals surface area contributed by atoms with E-state index in [9.17, 15) is 4.39 Å². The molecule has 7 nitrogen and oxygen atoms in total. The third kappa shape index (κ3) is 3.22. The van der Waals surface area contributed by atoms with Gasteiger partial charge in [0.05, 0.1) is 12.6 Å². The van der Waals surface area contributed by atoms with Gasteiger partial charge in [0.1, 0.15) is 17.2 Å². The van der Waals surface area contributed by atoms with E-state index >= 15 is 0 Å². The van der Waals surface area contributed by atoms with Crippen molar-refractivity contribution in [3.8, 4) is 5.75 Å². The van der Waals surface area contributed by atoms with E-state index < -0.39 is 5.82 Å². The molecule has 1 aromatic carbocycles. The number of rotatable bonds is 5. The summed E-state index contributed by atoms with van der Waals surface area (Å²) >= 11 is 1.47. The Hall–Kier alpha value is -2.26. The Morgan fingerprint density at radius 3 is 2.71 bits per heavy atom. The van der Waals surface area contributed by atoms with E-state index in [1.807, 2.05) is 0 Å². The second kappa shape index (κ2) is 7.29. The first-order valence-electron chi connectivity index (χ1n) is 9.56. The van der Waals surface area contributed by atoms with Crippen LogP contribution in [0, 0.1) is 5.82 Å². The van der Waals surface area contributed by atoms with E-state index in [-0.39, 0.29) is 5.75 Å². The van der Waals surface area contributed by atoms with Crippen LogP contribution in [0.1, 0.15) is 43.5 Å². The van der Waals surface area contributed by atoms with Crippen LogP contribution in [0.25, 0.3) is 10.9 Å². The summed E-state index contributed by atoms with van der Waals surface area (Å²) < 4.78 is 21.5. The molecule has 0 spiro atoms. The Balaban J connectivity index is 1.54. The molecule has 1 aliphatic heterocycles. The minimum Gasteiger partial charge on any atom is -0.494 e. The zero-order valence-corrected chi connectivity index (χ0v) is 16.4. The molecule has 3 aromatic rings. The number of nitrogens with one attached hydrogen (secondary N) is 1. The number of aromatic nitrogens is 5. The maximum atomic E-state index is 14.0. The van der Waals surface area contributed by atoms with Crippen molar-refractivity contribution in [2.24, 2.45) is 0 Å². The van der Waals surface area contributed by atoms with Crippen LogP contribution in [0.4, 0.5) is 4.39 Å². The summed E-state index contributed by atoms with van der Waals surface area (Å²) in [6, 6.07) is 3.51. The molecule has 0 atom stereocenters. The summed E-state index contributed by atoms with van der Waals surface area (Å²) in [4.78, 5) is 8.63. The highest BCUT2D eigenvalue weighted by Gasteiger charge is 2.33. The highest BCUT2D eigenvalue weighted by atomic mass is 32.2. The second-order valence-corrected chi connectivity index (χ2v) is 8.21. The molecule has 0 radical (unpaired) electrons. The maximum absolute atomic E-state index is 14.0. The molecule has 1 aliphatic carbocycles. The zero-order valence-electron chi connectivity index (χ0n) is 15.6. The summed E-state index contributed by atoms with van der Waals surface area (Å²) in [5.74, 6) is 1.29. The fourth-order valence-corrected chi connectivity index (χ4v) is 4.72. The van der Waals surface area contributed by atoms with Crippen LogP contribution in [0.3, 0.4) is 0 Å². The van der Waals surface area contributed by atoms with Crippen LogP contribution >= 0.6 is 11.8 Å². The van der Waals surface area contributed by atoms with Gasteiger partial charge < -0.3 is 14.6 Å². The zero-order chi connectivity index (χ0) is 19.1. The van der Waals surface area contributed by atoms with Gasteiger partial charge in [-0.25, -0.2) is 14.4 Å². The van der Waals surface area contributed by atoms with E-state index in [1.165, 1.54) is 31.3 Å². The largest absolute Gasteiger partial charge is 0.494 e. The van der Waals surface area contributed by atoms with E-state index in [1.54, 1.807) is 6.07 Å². The normalized spacial score (nSPS) is 17.9. The standard InChI is InChI=1S/C19H21FN6OS/c1-27-16-8-13-15(9-14(16)20)22-10-23-18(13)28-19-25-24-17(26(19)12-2-3-12)11-4-6-21-7-5-11/h8-12,21H,2-7H2,1H3. The van der Waals surface area contributed by atoms with E-state index in [0.717, 1.165) is 60.2 Å². The fourth-order valence-electron chi connectivity index (χ4n) is 3.75. The molecule has 1 saturated carbocycles. The quantitative estimate of drug-likeness (QED) is 0.658. The van der Waals surface area contributed by atoms with Crippen LogP contribution in [-0.4, -0.2) is 44.9 Å². The number of piperidine rings is 1. The fraction of sp³-hybridized carbons (Fsp3) is 0.474. The Labute approximate surface area is 166 Å². The van der Waals surface area contributed by atoms with Gasteiger partial charge in [-0.15, -0.1) is 10.2 Å². The molecule has 28 heavy (non-hydrogen) atoms. The topological polar surface area (TPSA) is 77.8 Å². The summed E-state index contributed by atoms with van der Waals surface area (Å²) in [5, 5.41) is 14.8. The lowest BCUT2D eigenvalue weighted by atomic mass is 9.97. The lowest BCUT2D eigenvalue weighted by molar-refractivity contribution is 0.387. The maximum Gasteiger partial charge on any atom is 0.197 e. The molecule has 2 aliphatic rings. The molecule has 2 aromatic heterocycles. The Morgan fingerprint density at radius 1 is 1.14 bits per heavy atom. The van der Waals surface area contributed by atoms with Gasteiger partial charge in [-0.3, -0.25) is 0 Å². The number of nitrogens with zero attached hydrogens (tertiary/aromatic N) is 5. The first-order valence-corrected chi connectivity index (χ1v) is 10.4. The van der Waals surface area contributed by atoms with Crippen molar-refractivity contribution >= 4 is 22.7 Å².